The molecule has 0 fully saturated rings. The van der Waals surface area contributed by atoms with Crippen molar-refractivity contribution < 1.29 is 62.7 Å². The van der Waals surface area contributed by atoms with Crippen molar-refractivity contribution >= 4 is 48.5 Å². The maximum Gasteiger partial charge on any atom is 0.407 e. The molecule has 0 aliphatic rings. The number of aliphatic hydroxyl groups is 1. The molecule has 2 atom stereocenters. The lowest BCUT2D eigenvalue weighted by Gasteiger charge is -2.22. The van der Waals surface area contributed by atoms with Gasteiger partial charge in [0.15, 0.2) is 23.4 Å². The van der Waals surface area contributed by atoms with Crippen molar-refractivity contribution in [2.24, 2.45) is 5.41 Å². The first kappa shape index (κ1) is 37.5. The second-order valence-electron chi connectivity index (χ2n) is 10.9. The van der Waals surface area contributed by atoms with Crippen LogP contribution in [-0.2, 0) is 44.3 Å². The second kappa shape index (κ2) is 16.1. The number of nitrogens with two attached hydrogens (primary N) is 1. The van der Waals surface area contributed by atoms with Crippen LogP contribution in [0, 0.1) is 5.41 Å². The molecular formula is C27H36N5O13P. The first-order valence-electron chi connectivity index (χ1n) is 13.4. The third kappa shape index (κ3) is 11.7. The molecule has 0 radical (unpaired) electrons. The van der Waals surface area contributed by atoms with Crippen LogP contribution in [0.2, 0.25) is 0 Å². The van der Waals surface area contributed by atoms with E-state index < -0.39 is 68.2 Å². The molecular weight excluding hydrogens is 633 g/mol. The van der Waals surface area contributed by atoms with Crippen LogP contribution in [0.5, 0.6) is 5.75 Å². The molecule has 0 amide bonds. The minimum Gasteiger partial charge on any atom is -0.481 e. The van der Waals surface area contributed by atoms with Crippen molar-refractivity contribution in [2.45, 2.75) is 58.8 Å². The van der Waals surface area contributed by atoms with E-state index in [0.29, 0.717) is 23.5 Å². The summed E-state index contributed by atoms with van der Waals surface area (Å²) in [5.74, 6) is -4.89. The number of carboxylic acid groups (broad SMARTS) is 3. The lowest BCUT2D eigenvalue weighted by molar-refractivity contribution is -0.170. The first-order valence-corrected chi connectivity index (χ1v) is 15.2. The molecule has 2 aromatic heterocycles. The highest BCUT2D eigenvalue weighted by molar-refractivity contribution is 7.54. The number of benzene rings is 1. The molecule has 2 unspecified atom stereocenters. The molecule has 3 rings (SSSR count). The van der Waals surface area contributed by atoms with Gasteiger partial charge in [0.25, 0.3) is 0 Å². The van der Waals surface area contributed by atoms with Crippen molar-refractivity contribution in [3.63, 3.8) is 0 Å². The summed E-state index contributed by atoms with van der Waals surface area (Å²) in [5, 5.41) is 33.8. The number of imidazole rings is 1. The van der Waals surface area contributed by atoms with Gasteiger partial charge in [-0.15, -0.1) is 0 Å². The number of carbonyl (C=O) groups excluding carboxylic acids is 1. The number of rotatable bonds is 15. The van der Waals surface area contributed by atoms with E-state index in [4.69, 9.17) is 44.7 Å². The van der Waals surface area contributed by atoms with E-state index in [1.807, 2.05) is 0 Å². The second-order valence-corrected chi connectivity index (χ2v) is 12.8. The largest absolute Gasteiger partial charge is 0.481 e. The molecule has 252 valence electrons. The number of hydrogen-bond acceptors (Lipinski definition) is 14. The molecule has 2 heterocycles. The Bertz CT molecular complexity index is 1540. The quantitative estimate of drug-likeness (QED) is 0.0882. The molecule has 0 saturated heterocycles. The van der Waals surface area contributed by atoms with Crippen LogP contribution < -0.4 is 10.3 Å². The van der Waals surface area contributed by atoms with Gasteiger partial charge in [-0.05, 0) is 39.8 Å². The van der Waals surface area contributed by atoms with E-state index in [1.54, 1.807) is 68.9 Å². The Morgan fingerprint density at radius 2 is 1.61 bits per heavy atom. The van der Waals surface area contributed by atoms with Gasteiger partial charge < -0.3 is 44.7 Å². The zero-order valence-corrected chi connectivity index (χ0v) is 26.3. The van der Waals surface area contributed by atoms with Crippen LogP contribution in [0.3, 0.4) is 0 Å². The molecule has 0 bridgehead atoms. The number of fused-ring (bicyclic) bond motifs is 1. The van der Waals surface area contributed by atoms with Crippen molar-refractivity contribution in [1.29, 1.82) is 0 Å². The highest BCUT2D eigenvalue weighted by atomic mass is 31.2. The third-order valence-electron chi connectivity index (χ3n) is 5.73. The molecule has 46 heavy (non-hydrogen) atoms. The van der Waals surface area contributed by atoms with Crippen molar-refractivity contribution in [3.05, 3.63) is 43.0 Å². The number of nitrogens with zero attached hydrogens (tertiary/aromatic N) is 4. The summed E-state index contributed by atoms with van der Waals surface area (Å²) in [7, 11) is -3.82. The van der Waals surface area contributed by atoms with Gasteiger partial charge in [0.05, 0.1) is 37.2 Å². The third-order valence-corrected chi connectivity index (χ3v) is 7.18. The lowest BCUT2D eigenvalue weighted by Crippen LogP contribution is -2.42. The average Bonchev–Trinajstić information content (AvgIpc) is 3.35. The van der Waals surface area contributed by atoms with Crippen molar-refractivity contribution in [3.8, 4) is 5.75 Å². The highest BCUT2D eigenvalue weighted by Crippen LogP contribution is 2.48. The summed E-state index contributed by atoms with van der Waals surface area (Å²) in [5.41, 5.74) is 3.41. The molecule has 0 spiro atoms. The summed E-state index contributed by atoms with van der Waals surface area (Å²) < 4.78 is 37.0. The zero-order valence-electron chi connectivity index (χ0n) is 25.4. The van der Waals surface area contributed by atoms with E-state index >= 15 is 0 Å². The number of anilines is 1. The molecule has 0 saturated carbocycles. The fourth-order valence-electron chi connectivity index (χ4n) is 3.40. The number of nitrogen functional groups attached to an aromatic ring is 1. The van der Waals surface area contributed by atoms with Gasteiger partial charge in [-0.1, -0.05) is 18.2 Å². The van der Waals surface area contributed by atoms with Gasteiger partial charge >= 0.3 is 31.5 Å². The van der Waals surface area contributed by atoms with Crippen molar-refractivity contribution in [1.82, 2.24) is 19.5 Å². The Balaban J connectivity index is 0.000000479. The maximum atomic E-state index is 13.4. The Morgan fingerprint density at radius 1 is 1.00 bits per heavy atom. The highest BCUT2D eigenvalue weighted by Gasteiger charge is 2.40. The molecule has 1 aromatic carbocycles. The van der Waals surface area contributed by atoms with Crippen LogP contribution in [0.25, 0.3) is 11.2 Å². The fourth-order valence-corrected chi connectivity index (χ4v) is 4.68. The zero-order chi connectivity index (χ0) is 34.7. The summed E-state index contributed by atoms with van der Waals surface area (Å²) >= 11 is 0. The first-order chi connectivity index (χ1) is 21.3. The molecule has 0 aliphatic carbocycles. The number of carboxylic acids is 3. The Labute approximate surface area is 262 Å². The Hall–Kier alpha value is -4.64. The summed E-state index contributed by atoms with van der Waals surface area (Å²) in [6, 6.07) is 8.56. The van der Waals surface area contributed by atoms with Gasteiger partial charge in [-0.3, -0.25) is 18.9 Å². The Morgan fingerprint density at radius 3 is 2.15 bits per heavy atom. The number of para-hydroxylation sites is 1. The van der Waals surface area contributed by atoms with Crippen LogP contribution in [0.4, 0.5) is 5.82 Å². The SMILES string of the molecule is CC(Cn1cnc2c(N)ncnc21)OCP(=O)(OCOC(=O)C(C)(C)C)Oc1ccccc1.O=C(O)CC(O)(CC(=O)O)C(=O)O. The average molecular weight is 670 g/mol. The Kier molecular flexibility index (Phi) is 13.1. The van der Waals surface area contributed by atoms with Gasteiger partial charge in [-0.2, -0.15) is 0 Å². The molecule has 6 N–H and O–H groups in total. The molecule has 3 aromatic rings. The minimum atomic E-state index is -3.82. The number of aliphatic carboxylic acids is 3. The number of carbonyl (C=O) groups is 4. The lowest BCUT2D eigenvalue weighted by atomic mass is 9.96. The normalized spacial score (nSPS) is 13.5. The number of hydrogen-bond donors (Lipinski definition) is 5. The summed E-state index contributed by atoms with van der Waals surface area (Å²) in [6.07, 6.45) is -0.121. The summed E-state index contributed by atoms with van der Waals surface area (Å²) in [6.45, 7) is 6.75. The standard InChI is InChI=1S/C21H28N5O6P.C6H8O7/c1-15(10-26-12-25-17-18(22)23-11-24-19(17)26)30-14-33(28,32-16-8-6-5-7-9-16)31-13-29-20(27)21(2,3)4;7-3(8)1-6(13,5(11)12)2-4(9)10/h5-9,11-12,15H,10,13-14H2,1-4H3,(H2,22,23,24);13H,1-2H2,(H,7,8)(H,9,10)(H,11,12). The fraction of sp³-hybridized carbons (Fsp3) is 0.444. The van der Waals surface area contributed by atoms with E-state index in [0.717, 1.165) is 0 Å². The molecule has 0 aliphatic heterocycles. The van der Waals surface area contributed by atoms with Crippen LogP contribution in [0.15, 0.2) is 43.0 Å². The molecule has 18 nitrogen and oxygen atoms in total. The topological polar surface area (TPSA) is 273 Å². The van der Waals surface area contributed by atoms with Crippen molar-refractivity contribution in [2.75, 3.05) is 18.9 Å². The van der Waals surface area contributed by atoms with Gasteiger partial charge in [0, 0.05) is 0 Å². The summed E-state index contributed by atoms with van der Waals surface area (Å²) in [4.78, 5) is 54.8. The number of esters is 1. The minimum absolute atomic E-state index is 0.284. The molecule has 19 heteroatoms. The maximum absolute atomic E-state index is 13.4. The van der Waals surface area contributed by atoms with E-state index in [2.05, 4.69) is 15.0 Å². The monoisotopic (exact) mass is 669 g/mol. The predicted molar refractivity (Wildman–Crippen MR) is 158 cm³/mol. The van der Waals surface area contributed by atoms with Crippen LogP contribution in [-0.4, -0.2) is 88.7 Å². The number of aromatic nitrogens is 4. The van der Waals surface area contributed by atoms with Crippen LogP contribution >= 0.6 is 7.60 Å². The van der Waals surface area contributed by atoms with E-state index in [1.165, 1.54) is 6.33 Å². The van der Waals surface area contributed by atoms with Gasteiger partial charge in [-0.25, -0.2) is 24.3 Å². The predicted octanol–water partition coefficient (Wildman–Crippen LogP) is 2.36. The van der Waals surface area contributed by atoms with E-state index in [-0.39, 0.29) is 12.2 Å². The van der Waals surface area contributed by atoms with Gasteiger partial charge in [0.2, 0.25) is 6.79 Å². The van der Waals surface area contributed by atoms with E-state index in [9.17, 15) is 23.7 Å². The van der Waals surface area contributed by atoms with Gasteiger partial charge in [0.1, 0.15) is 17.6 Å². The number of ether oxygens (including phenoxy) is 2. The smallest absolute Gasteiger partial charge is 0.407 e. The van der Waals surface area contributed by atoms with Crippen LogP contribution in [0.1, 0.15) is 40.5 Å².